The molecule has 1 atom stereocenters. The molecule has 0 saturated heterocycles. The van der Waals surface area contributed by atoms with E-state index in [9.17, 15) is 9.59 Å². The second kappa shape index (κ2) is 6.92. The smallest absolute Gasteiger partial charge is 0.253 e. The van der Waals surface area contributed by atoms with Gasteiger partial charge in [-0.25, -0.2) is 0 Å². The quantitative estimate of drug-likeness (QED) is 0.841. The summed E-state index contributed by atoms with van der Waals surface area (Å²) in [5.41, 5.74) is 0.978. The Morgan fingerprint density at radius 2 is 1.92 bits per heavy atom. The summed E-state index contributed by atoms with van der Waals surface area (Å²) >= 11 is 3.32. The van der Waals surface area contributed by atoms with Crippen molar-refractivity contribution in [1.29, 1.82) is 0 Å². The Bertz CT molecular complexity index is 794. The van der Waals surface area contributed by atoms with Crippen molar-refractivity contribution in [2.45, 2.75) is 13.0 Å². The molecule has 2 amide bonds. The Morgan fingerprint density at radius 1 is 1.12 bits per heavy atom. The fraction of sp³-hybridized carbons (Fsp3) is 0.176. The summed E-state index contributed by atoms with van der Waals surface area (Å²) in [6.07, 6.45) is 0. The molecule has 0 aromatic heterocycles. The number of amides is 2. The Labute approximate surface area is 147 Å². The van der Waals surface area contributed by atoms with Gasteiger partial charge in [-0.15, -0.1) is 0 Å². The topological polar surface area (TPSA) is 76.7 Å². The van der Waals surface area contributed by atoms with E-state index < -0.39 is 6.04 Å². The van der Waals surface area contributed by atoms with Gasteiger partial charge >= 0.3 is 0 Å². The van der Waals surface area contributed by atoms with Gasteiger partial charge in [-0.1, -0.05) is 18.2 Å². The lowest BCUT2D eigenvalue weighted by molar-refractivity contribution is -0.117. The Kier molecular flexibility index (Phi) is 4.71. The second-order valence-electron chi connectivity index (χ2n) is 5.20. The van der Waals surface area contributed by atoms with Gasteiger partial charge in [0.25, 0.3) is 5.91 Å². The third-order valence-electron chi connectivity index (χ3n) is 3.51. The highest BCUT2D eigenvalue weighted by molar-refractivity contribution is 9.10. The summed E-state index contributed by atoms with van der Waals surface area (Å²) in [5.74, 6) is 0.398. The van der Waals surface area contributed by atoms with Gasteiger partial charge in [-0.3, -0.25) is 9.59 Å². The van der Waals surface area contributed by atoms with E-state index in [0.29, 0.717) is 27.2 Å². The maximum absolute atomic E-state index is 12.3. The molecule has 0 bridgehead atoms. The lowest BCUT2D eigenvalue weighted by atomic mass is 10.2. The number of carbonyl (C=O) groups excluding carboxylic acids is 2. The SMILES string of the molecule is CC(NC(=O)c1ccccc1Br)C(=O)Nc1cccc2c1OCO2. The molecule has 1 aliphatic heterocycles. The van der Waals surface area contributed by atoms with Crippen molar-refractivity contribution in [2.75, 3.05) is 12.1 Å². The molecule has 2 N–H and O–H groups in total. The number of nitrogens with one attached hydrogen (secondary N) is 2. The van der Waals surface area contributed by atoms with Crippen molar-refractivity contribution < 1.29 is 19.1 Å². The van der Waals surface area contributed by atoms with Crippen molar-refractivity contribution in [3.63, 3.8) is 0 Å². The first-order chi connectivity index (χ1) is 11.6. The highest BCUT2D eigenvalue weighted by atomic mass is 79.9. The predicted octanol–water partition coefficient (Wildman–Crippen LogP) is 2.93. The van der Waals surface area contributed by atoms with Crippen LogP contribution in [-0.2, 0) is 4.79 Å². The summed E-state index contributed by atoms with van der Waals surface area (Å²) in [5, 5.41) is 5.41. The third-order valence-corrected chi connectivity index (χ3v) is 4.21. The maximum atomic E-state index is 12.3. The monoisotopic (exact) mass is 390 g/mol. The lowest BCUT2D eigenvalue weighted by Crippen LogP contribution is -2.41. The Balaban J connectivity index is 1.67. The fourth-order valence-electron chi connectivity index (χ4n) is 2.25. The standard InChI is InChI=1S/C17H15BrN2O4/c1-10(19-17(22)11-5-2-3-6-12(11)18)16(21)20-13-7-4-8-14-15(13)24-9-23-14/h2-8,10H,9H2,1H3,(H,19,22)(H,20,21). The van der Waals surface area contributed by atoms with Crippen LogP contribution in [0.25, 0.3) is 0 Å². The van der Waals surface area contributed by atoms with Crippen LogP contribution >= 0.6 is 15.9 Å². The number of hydrogen-bond acceptors (Lipinski definition) is 4. The normalized spacial score (nSPS) is 13.2. The van der Waals surface area contributed by atoms with Crippen molar-refractivity contribution in [3.8, 4) is 11.5 Å². The highest BCUT2D eigenvalue weighted by Crippen LogP contribution is 2.38. The molecule has 2 aromatic rings. The van der Waals surface area contributed by atoms with Crippen molar-refractivity contribution in [2.24, 2.45) is 0 Å². The van der Waals surface area contributed by atoms with E-state index in [2.05, 4.69) is 26.6 Å². The summed E-state index contributed by atoms with van der Waals surface area (Å²) < 4.78 is 11.3. The van der Waals surface area contributed by atoms with E-state index >= 15 is 0 Å². The van der Waals surface area contributed by atoms with Crippen LogP contribution in [0.15, 0.2) is 46.9 Å². The van der Waals surface area contributed by atoms with Gasteiger partial charge in [0, 0.05) is 4.47 Å². The maximum Gasteiger partial charge on any atom is 0.253 e. The van der Waals surface area contributed by atoms with E-state index in [0.717, 1.165) is 0 Å². The number of rotatable bonds is 4. The summed E-state index contributed by atoms with van der Waals surface area (Å²) in [6, 6.07) is 11.5. The van der Waals surface area contributed by atoms with Crippen LogP contribution in [0.3, 0.4) is 0 Å². The molecule has 0 fully saturated rings. The average Bonchev–Trinajstić information content (AvgIpc) is 3.04. The number of carbonyl (C=O) groups is 2. The van der Waals surface area contributed by atoms with Gasteiger partial charge in [0.15, 0.2) is 11.5 Å². The van der Waals surface area contributed by atoms with Gasteiger partial charge in [0.1, 0.15) is 6.04 Å². The van der Waals surface area contributed by atoms with E-state index in [-0.39, 0.29) is 18.6 Å². The van der Waals surface area contributed by atoms with Crippen LogP contribution in [0.2, 0.25) is 0 Å². The first-order valence-corrected chi connectivity index (χ1v) is 8.10. The number of hydrogen-bond donors (Lipinski definition) is 2. The molecule has 1 heterocycles. The van der Waals surface area contributed by atoms with Crippen LogP contribution in [0.4, 0.5) is 5.69 Å². The zero-order chi connectivity index (χ0) is 17.1. The Morgan fingerprint density at radius 3 is 2.71 bits per heavy atom. The number of para-hydroxylation sites is 1. The van der Waals surface area contributed by atoms with Gasteiger partial charge in [-0.2, -0.15) is 0 Å². The molecule has 1 unspecified atom stereocenters. The Hall–Kier alpha value is -2.54. The number of fused-ring (bicyclic) bond motifs is 1. The van der Waals surface area contributed by atoms with Gasteiger partial charge in [0.05, 0.1) is 11.3 Å². The zero-order valence-corrected chi connectivity index (χ0v) is 14.4. The van der Waals surface area contributed by atoms with Gasteiger partial charge in [-0.05, 0) is 47.1 Å². The summed E-state index contributed by atoms with van der Waals surface area (Å²) in [7, 11) is 0. The molecule has 24 heavy (non-hydrogen) atoms. The van der Waals surface area contributed by atoms with Crippen molar-refractivity contribution in [3.05, 3.63) is 52.5 Å². The minimum Gasteiger partial charge on any atom is -0.454 e. The van der Waals surface area contributed by atoms with E-state index in [4.69, 9.17) is 9.47 Å². The van der Waals surface area contributed by atoms with Gasteiger partial charge in [0.2, 0.25) is 12.7 Å². The van der Waals surface area contributed by atoms with E-state index in [1.54, 1.807) is 43.3 Å². The molecule has 3 rings (SSSR count). The summed E-state index contributed by atoms with van der Waals surface area (Å²) in [6.45, 7) is 1.74. The molecular weight excluding hydrogens is 376 g/mol. The average molecular weight is 391 g/mol. The summed E-state index contributed by atoms with van der Waals surface area (Å²) in [4.78, 5) is 24.6. The highest BCUT2D eigenvalue weighted by Gasteiger charge is 2.22. The molecular formula is C17H15BrN2O4. The number of anilines is 1. The predicted molar refractivity (Wildman–Crippen MR) is 92.3 cm³/mol. The second-order valence-corrected chi connectivity index (χ2v) is 6.06. The lowest BCUT2D eigenvalue weighted by Gasteiger charge is -2.15. The van der Waals surface area contributed by atoms with Crippen LogP contribution in [0.1, 0.15) is 17.3 Å². The number of ether oxygens (including phenoxy) is 2. The molecule has 0 aliphatic carbocycles. The van der Waals surface area contributed by atoms with E-state index in [1.165, 1.54) is 0 Å². The molecule has 124 valence electrons. The van der Waals surface area contributed by atoms with Crippen LogP contribution in [-0.4, -0.2) is 24.6 Å². The first-order valence-electron chi connectivity index (χ1n) is 7.31. The number of benzene rings is 2. The van der Waals surface area contributed by atoms with E-state index in [1.807, 2.05) is 6.07 Å². The zero-order valence-electron chi connectivity index (χ0n) is 12.8. The first kappa shape index (κ1) is 16.3. The van der Waals surface area contributed by atoms with Gasteiger partial charge < -0.3 is 20.1 Å². The minimum absolute atomic E-state index is 0.122. The molecule has 7 heteroatoms. The van der Waals surface area contributed by atoms with Crippen molar-refractivity contribution in [1.82, 2.24) is 5.32 Å². The van der Waals surface area contributed by atoms with Crippen LogP contribution < -0.4 is 20.1 Å². The molecule has 1 aliphatic rings. The number of halogens is 1. The fourth-order valence-corrected chi connectivity index (χ4v) is 2.72. The third kappa shape index (κ3) is 3.35. The molecule has 0 radical (unpaired) electrons. The molecule has 2 aromatic carbocycles. The largest absolute Gasteiger partial charge is 0.454 e. The molecule has 0 spiro atoms. The van der Waals surface area contributed by atoms with Crippen LogP contribution in [0, 0.1) is 0 Å². The minimum atomic E-state index is -0.720. The van der Waals surface area contributed by atoms with Crippen LogP contribution in [0.5, 0.6) is 11.5 Å². The van der Waals surface area contributed by atoms with Crippen molar-refractivity contribution >= 4 is 33.4 Å². The molecule has 0 saturated carbocycles. The molecule has 6 nitrogen and oxygen atoms in total.